The Hall–Kier alpha value is -2.27. The first-order valence-corrected chi connectivity index (χ1v) is 12.1. The standard InChI is InChI=1S/C18H26N4.C6H9F.C3H8/c1-13-6-7-18-15(9-13)10-17(21-18)11-19-14(2)20-16-5-4-8-22(3)12-16;1-2-6(7)4-3-5-6;1-3-2/h6-7,9-10,16,19-21H,2,4-5,8,11-12H2,1,3H3;2H,1,3-5H2;3H2,1-2H3. The predicted molar refractivity (Wildman–Crippen MR) is 137 cm³/mol. The van der Waals surface area contributed by atoms with Gasteiger partial charge in [-0.1, -0.05) is 51.1 Å². The van der Waals surface area contributed by atoms with Crippen LogP contribution in [0.4, 0.5) is 4.39 Å². The predicted octanol–water partition coefficient (Wildman–Crippen LogP) is 6.20. The maximum atomic E-state index is 12.5. The smallest absolute Gasteiger partial charge is 0.128 e. The SMILES string of the molecule is C=C(NCc1cc2cc(C)ccc2[nH]1)NC1CCCN(C)C1.C=CC1(F)CCC1.CCC. The first kappa shape index (κ1) is 26.0. The molecule has 4 nitrogen and oxygen atoms in total. The fourth-order valence-electron chi connectivity index (χ4n) is 3.91. The molecule has 32 heavy (non-hydrogen) atoms. The summed E-state index contributed by atoms with van der Waals surface area (Å²) in [6.45, 7) is 16.9. The lowest BCUT2D eigenvalue weighted by molar-refractivity contribution is 0.120. The minimum Gasteiger partial charge on any atom is -0.368 e. The molecule has 1 aliphatic carbocycles. The van der Waals surface area contributed by atoms with Gasteiger partial charge < -0.3 is 20.5 Å². The molecular formula is C27H43FN4. The number of likely N-dealkylation sites (N-methyl/N-ethyl adjacent to an activating group) is 1. The first-order valence-electron chi connectivity index (χ1n) is 12.1. The number of nitrogens with zero attached hydrogens (tertiary/aromatic N) is 1. The largest absolute Gasteiger partial charge is 0.368 e. The second-order valence-corrected chi connectivity index (χ2v) is 9.26. The van der Waals surface area contributed by atoms with Crippen molar-refractivity contribution in [3.8, 4) is 0 Å². The Morgan fingerprint density at radius 3 is 2.56 bits per heavy atom. The van der Waals surface area contributed by atoms with Crippen LogP contribution in [-0.4, -0.2) is 41.7 Å². The van der Waals surface area contributed by atoms with Crippen molar-refractivity contribution in [3.05, 3.63) is 60.6 Å². The highest BCUT2D eigenvalue weighted by atomic mass is 19.1. The molecular weight excluding hydrogens is 399 g/mol. The molecule has 1 aliphatic heterocycles. The van der Waals surface area contributed by atoms with E-state index in [1.54, 1.807) is 0 Å². The summed E-state index contributed by atoms with van der Waals surface area (Å²) in [6.07, 6.45) is 7.55. The Kier molecular flexibility index (Phi) is 10.3. The van der Waals surface area contributed by atoms with Gasteiger partial charge in [-0.15, -0.1) is 0 Å². The average molecular weight is 443 g/mol. The number of piperidine rings is 1. The van der Waals surface area contributed by atoms with E-state index in [1.807, 2.05) is 0 Å². The summed E-state index contributed by atoms with van der Waals surface area (Å²) in [4.78, 5) is 5.82. The molecule has 1 saturated heterocycles. The van der Waals surface area contributed by atoms with Gasteiger partial charge in [-0.2, -0.15) is 0 Å². The zero-order valence-electron chi connectivity index (χ0n) is 20.6. The van der Waals surface area contributed by atoms with Crippen LogP contribution in [0.15, 0.2) is 49.3 Å². The number of likely N-dealkylation sites (tertiary alicyclic amines) is 1. The highest BCUT2D eigenvalue weighted by molar-refractivity contribution is 5.81. The van der Waals surface area contributed by atoms with E-state index in [0.29, 0.717) is 18.9 Å². The molecule has 1 unspecified atom stereocenters. The third-order valence-corrected chi connectivity index (χ3v) is 5.88. The lowest BCUT2D eigenvalue weighted by Gasteiger charge is -2.31. The molecule has 178 valence electrons. The third-order valence-electron chi connectivity index (χ3n) is 5.88. The number of benzene rings is 1. The maximum absolute atomic E-state index is 12.5. The Morgan fingerprint density at radius 2 is 2.00 bits per heavy atom. The van der Waals surface area contributed by atoms with Crippen molar-refractivity contribution in [1.82, 2.24) is 20.5 Å². The maximum Gasteiger partial charge on any atom is 0.128 e. The van der Waals surface area contributed by atoms with Crippen molar-refractivity contribution in [3.63, 3.8) is 0 Å². The molecule has 4 rings (SSSR count). The molecule has 3 N–H and O–H groups in total. The van der Waals surface area contributed by atoms with Gasteiger partial charge in [0, 0.05) is 23.8 Å². The van der Waals surface area contributed by atoms with Crippen LogP contribution in [0, 0.1) is 6.92 Å². The summed E-state index contributed by atoms with van der Waals surface area (Å²) in [5.41, 5.74) is 2.69. The van der Waals surface area contributed by atoms with Gasteiger partial charge in [-0.3, -0.25) is 0 Å². The van der Waals surface area contributed by atoms with E-state index in [-0.39, 0.29) is 0 Å². The second-order valence-electron chi connectivity index (χ2n) is 9.26. The minimum atomic E-state index is -0.972. The molecule has 0 radical (unpaired) electrons. The van der Waals surface area contributed by atoms with E-state index in [0.717, 1.165) is 25.3 Å². The van der Waals surface area contributed by atoms with Crippen LogP contribution in [0.5, 0.6) is 0 Å². The van der Waals surface area contributed by atoms with Crippen molar-refractivity contribution >= 4 is 10.9 Å². The van der Waals surface area contributed by atoms with E-state index in [1.165, 1.54) is 54.0 Å². The molecule has 0 bridgehead atoms. The first-order chi connectivity index (χ1) is 15.3. The number of hydrogen-bond donors (Lipinski definition) is 3. The Morgan fingerprint density at radius 1 is 1.28 bits per heavy atom. The molecule has 2 aromatic rings. The molecule has 1 aromatic carbocycles. The normalized spacial score (nSPS) is 19.5. The molecule has 1 aromatic heterocycles. The number of allylic oxidation sites excluding steroid dienone is 1. The molecule has 5 heteroatoms. The number of aromatic amines is 1. The Balaban J connectivity index is 0.000000302. The number of halogens is 1. The van der Waals surface area contributed by atoms with Crippen LogP contribution in [0.2, 0.25) is 0 Å². The van der Waals surface area contributed by atoms with Gasteiger partial charge in [-0.05, 0) is 76.2 Å². The highest BCUT2D eigenvalue weighted by Crippen LogP contribution is 2.36. The Bertz CT molecular complexity index is 852. The van der Waals surface area contributed by atoms with E-state index in [2.05, 4.69) is 85.8 Å². The zero-order valence-corrected chi connectivity index (χ0v) is 20.6. The molecule has 1 saturated carbocycles. The van der Waals surface area contributed by atoms with Crippen molar-refractivity contribution in [2.75, 3.05) is 20.1 Å². The van der Waals surface area contributed by atoms with Gasteiger partial charge in [-0.25, -0.2) is 4.39 Å². The van der Waals surface area contributed by atoms with Crippen LogP contribution in [0.1, 0.15) is 63.6 Å². The molecule has 0 amide bonds. The van der Waals surface area contributed by atoms with Gasteiger partial charge in [0.05, 0.1) is 12.4 Å². The number of hydrogen-bond acceptors (Lipinski definition) is 3. The molecule has 0 spiro atoms. The summed E-state index contributed by atoms with van der Waals surface area (Å²) in [5, 5.41) is 8.15. The Labute approximate surface area is 194 Å². The van der Waals surface area contributed by atoms with Crippen LogP contribution in [0.3, 0.4) is 0 Å². The van der Waals surface area contributed by atoms with Crippen molar-refractivity contribution in [2.45, 2.75) is 77.6 Å². The number of fused-ring (bicyclic) bond motifs is 1. The van der Waals surface area contributed by atoms with Crippen molar-refractivity contribution in [2.24, 2.45) is 0 Å². The summed E-state index contributed by atoms with van der Waals surface area (Å²) in [5.74, 6) is 0.912. The zero-order chi connectivity index (χ0) is 23.6. The molecule has 2 fully saturated rings. The number of aromatic nitrogens is 1. The third kappa shape index (κ3) is 8.34. The molecule has 2 heterocycles. The van der Waals surface area contributed by atoms with Crippen molar-refractivity contribution in [1.29, 1.82) is 0 Å². The lowest BCUT2D eigenvalue weighted by Crippen LogP contribution is -2.45. The number of alkyl halides is 1. The van der Waals surface area contributed by atoms with E-state index in [4.69, 9.17) is 0 Å². The summed E-state index contributed by atoms with van der Waals surface area (Å²) in [6, 6.07) is 9.19. The van der Waals surface area contributed by atoms with E-state index < -0.39 is 5.67 Å². The second kappa shape index (κ2) is 12.7. The van der Waals surface area contributed by atoms with Gasteiger partial charge in [0.25, 0.3) is 0 Å². The van der Waals surface area contributed by atoms with E-state index >= 15 is 0 Å². The quantitative estimate of drug-likeness (QED) is 0.467. The summed E-state index contributed by atoms with van der Waals surface area (Å²) in [7, 11) is 2.18. The number of rotatable bonds is 6. The fraction of sp³-hybridized carbons (Fsp3) is 0.556. The lowest BCUT2D eigenvalue weighted by atomic mass is 9.82. The number of H-pyrrole nitrogens is 1. The monoisotopic (exact) mass is 442 g/mol. The summed E-state index contributed by atoms with van der Waals surface area (Å²) >= 11 is 0. The van der Waals surface area contributed by atoms with Gasteiger partial charge in [0.1, 0.15) is 5.67 Å². The topological polar surface area (TPSA) is 43.1 Å². The summed E-state index contributed by atoms with van der Waals surface area (Å²) < 4.78 is 12.5. The molecule has 1 atom stereocenters. The minimum absolute atomic E-state index is 0.504. The molecule has 2 aliphatic rings. The van der Waals surface area contributed by atoms with Crippen LogP contribution < -0.4 is 10.6 Å². The van der Waals surface area contributed by atoms with Crippen LogP contribution in [-0.2, 0) is 6.54 Å². The van der Waals surface area contributed by atoms with Gasteiger partial charge >= 0.3 is 0 Å². The highest BCUT2D eigenvalue weighted by Gasteiger charge is 2.32. The van der Waals surface area contributed by atoms with Gasteiger partial charge in [0.15, 0.2) is 0 Å². The van der Waals surface area contributed by atoms with Crippen LogP contribution >= 0.6 is 0 Å². The van der Waals surface area contributed by atoms with Gasteiger partial charge in [0.2, 0.25) is 0 Å². The number of nitrogens with one attached hydrogen (secondary N) is 3. The number of aryl methyl sites for hydroxylation is 1. The average Bonchev–Trinajstić information content (AvgIpc) is 3.14. The fourth-order valence-corrected chi connectivity index (χ4v) is 3.91. The van der Waals surface area contributed by atoms with Crippen molar-refractivity contribution < 1.29 is 4.39 Å². The van der Waals surface area contributed by atoms with Crippen LogP contribution in [0.25, 0.3) is 10.9 Å². The van der Waals surface area contributed by atoms with E-state index in [9.17, 15) is 4.39 Å².